The molecule has 0 unspecified atom stereocenters. The first-order valence-corrected chi connectivity index (χ1v) is 10.1. The molecule has 0 fully saturated rings. The molecular weight excluding hydrogens is 370 g/mol. The SMILES string of the molecule is Cc1ccc(S(=O)(=O)Nc2cc(C)ccc2C(=O)Nc2nccs2)cc1. The first-order chi connectivity index (χ1) is 12.3. The molecule has 8 heteroatoms. The van der Waals surface area contributed by atoms with E-state index < -0.39 is 15.9 Å². The molecule has 3 aromatic rings. The van der Waals surface area contributed by atoms with Crippen LogP contribution < -0.4 is 10.0 Å². The van der Waals surface area contributed by atoms with Crippen molar-refractivity contribution >= 4 is 38.1 Å². The van der Waals surface area contributed by atoms with E-state index in [9.17, 15) is 13.2 Å². The summed E-state index contributed by atoms with van der Waals surface area (Å²) in [6.45, 7) is 3.71. The van der Waals surface area contributed by atoms with Crippen molar-refractivity contribution in [3.05, 3.63) is 70.7 Å². The summed E-state index contributed by atoms with van der Waals surface area (Å²) >= 11 is 1.28. The second-order valence-electron chi connectivity index (χ2n) is 5.76. The molecule has 0 aliphatic rings. The van der Waals surface area contributed by atoms with Crippen LogP contribution >= 0.6 is 11.3 Å². The number of aryl methyl sites for hydroxylation is 2. The van der Waals surface area contributed by atoms with E-state index in [0.717, 1.165) is 11.1 Å². The van der Waals surface area contributed by atoms with Gasteiger partial charge < -0.3 is 0 Å². The molecule has 0 aliphatic carbocycles. The number of nitrogens with one attached hydrogen (secondary N) is 2. The highest BCUT2D eigenvalue weighted by Crippen LogP contribution is 2.23. The Bertz CT molecular complexity index is 1030. The van der Waals surface area contributed by atoms with Gasteiger partial charge in [0.1, 0.15) is 0 Å². The molecule has 2 N–H and O–H groups in total. The van der Waals surface area contributed by atoms with Gasteiger partial charge in [0.15, 0.2) is 5.13 Å². The Morgan fingerprint density at radius 2 is 1.73 bits per heavy atom. The summed E-state index contributed by atoms with van der Waals surface area (Å²) in [7, 11) is -3.81. The fourth-order valence-corrected chi connectivity index (χ4v) is 3.91. The summed E-state index contributed by atoms with van der Waals surface area (Å²) in [5.41, 5.74) is 2.24. The molecule has 26 heavy (non-hydrogen) atoms. The number of carbonyl (C=O) groups excluding carboxylic acids is 1. The number of anilines is 2. The number of hydrogen-bond donors (Lipinski definition) is 2. The number of aromatic nitrogens is 1. The predicted molar refractivity (Wildman–Crippen MR) is 103 cm³/mol. The standard InChI is InChI=1S/C18H17N3O3S2/c1-12-3-6-14(7-4-12)26(23,24)21-16-11-13(2)5-8-15(16)17(22)20-18-19-9-10-25-18/h3-11,21H,1-2H3,(H,19,20,22). The third-order valence-electron chi connectivity index (χ3n) is 3.65. The fraction of sp³-hybridized carbons (Fsp3) is 0.111. The number of benzene rings is 2. The van der Waals surface area contributed by atoms with E-state index >= 15 is 0 Å². The minimum Gasteiger partial charge on any atom is -0.298 e. The van der Waals surface area contributed by atoms with Crippen molar-refractivity contribution in [1.29, 1.82) is 0 Å². The molecule has 134 valence electrons. The van der Waals surface area contributed by atoms with Gasteiger partial charge in [0, 0.05) is 11.6 Å². The van der Waals surface area contributed by atoms with Gasteiger partial charge in [-0.15, -0.1) is 11.3 Å². The third-order valence-corrected chi connectivity index (χ3v) is 5.72. The van der Waals surface area contributed by atoms with Gasteiger partial charge in [-0.25, -0.2) is 13.4 Å². The lowest BCUT2D eigenvalue weighted by molar-refractivity contribution is 0.102. The van der Waals surface area contributed by atoms with Crippen LogP contribution in [0.15, 0.2) is 58.9 Å². The monoisotopic (exact) mass is 387 g/mol. The second-order valence-corrected chi connectivity index (χ2v) is 8.34. The van der Waals surface area contributed by atoms with E-state index in [0.29, 0.717) is 5.13 Å². The average Bonchev–Trinajstić information content (AvgIpc) is 3.08. The Morgan fingerprint density at radius 1 is 1.04 bits per heavy atom. The van der Waals surface area contributed by atoms with Gasteiger partial charge in [-0.2, -0.15) is 0 Å². The van der Waals surface area contributed by atoms with Gasteiger partial charge in [-0.05, 0) is 43.7 Å². The van der Waals surface area contributed by atoms with E-state index in [-0.39, 0.29) is 16.1 Å². The van der Waals surface area contributed by atoms with Crippen molar-refractivity contribution in [2.75, 3.05) is 10.0 Å². The van der Waals surface area contributed by atoms with Crippen molar-refractivity contribution < 1.29 is 13.2 Å². The van der Waals surface area contributed by atoms with E-state index in [2.05, 4.69) is 15.0 Å². The molecule has 0 aliphatic heterocycles. The quantitative estimate of drug-likeness (QED) is 0.697. The van der Waals surface area contributed by atoms with Crippen LogP contribution in [0.2, 0.25) is 0 Å². The summed E-state index contributed by atoms with van der Waals surface area (Å²) in [5, 5.41) is 4.85. The molecule has 0 radical (unpaired) electrons. The van der Waals surface area contributed by atoms with Crippen LogP contribution in [0.1, 0.15) is 21.5 Å². The highest BCUT2D eigenvalue weighted by atomic mass is 32.2. The smallest absolute Gasteiger partial charge is 0.261 e. The van der Waals surface area contributed by atoms with Crippen molar-refractivity contribution in [2.24, 2.45) is 0 Å². The number of amides is 1. The van der Waals surface area contributed by atoms with Crippen LogP contribution in [0.3, 0.4) is 0 Å². The third kappa shape index (κ3) is 4.09. The zero-order valence-corrected chi connectivity index (χ0v) is 15.8. The molecule has 0 spiro atoms. The van der Waals surface area contributed by atoms with Gasteiger partial charge in [0.05, 0.1) is 16.1 Å². The number of rotatable bonds is 5. The van der Waals surface area contributed by atoms with E-state index in [1.54, 1.807) is 41.9 Å². The highest BCUT2D eigenvalue weighted by molar-refractivity contribution is 7.92. The summed E-state index contributed by atoms with van der Waals surface area (Å²) in [6, 6.07) is 11.5. The molecule has 0 saturated carbocycles. The zero-order valence-electron chi connectivity index (χ0n) is 14.2. The maximum absolute atomic E-state index is 12.7. The van der Waals surface area contributed by atoms with Gasteiger partial charge in [0.2, 0.25) is 0 Å². The van der Waals surface area contributed by atoms with Gasteiger partial charge in [-0.1, -0.05) is 23.8 Å². The molecule has 0 bridgehead atoms. The van der Waals surface area contributed by atoms with Crippen molar-refractivity contribution in [3.8, 4) is 0 Å². The lowest BCUT2D eigenvalue weighted by Gasteiger charge is -2.13. The predicted octanol–water partition coefficient (Wildman–Crippen LogP) is 3.81. The normalized spacial score (nSPS) is 11.2. The average molecular weight is 387 g/mol. The van der Waals surface area contributed by atoms with Crippen LogP contribution in [-0.4, -0.2) is 19.3 Å². The second kappa shape index (κ2) is 7.27. The van der Waals surface area contributed by atoms with Gasteiger partial charge in [0.25, 0.3) is 15.9 Å². The van der Waals surface area contributed by atoms with Crippen LogP contribution in [0.5, 0.6) is 0 Å². The van der Waals surface area contributed by atoms with Crippen LogP contribution in [-0.2, 0) is 10.0 Å². The van der Waals surface area contributed by atoms with Crippen LogP contribution in [0, 0.1) is 13.8 Å². The first-order valence-electron chi connectivity index (χ1n) is 7.76. The molecule has 6 nitrogen and oxygen atoms in total. The summed E-state index contributed by atoms with van der Waals surface area (Å²) < 4.78 is 27.8. The molecule has 1 heterocycles. The largest absolute Gasteiger partial charge is 0.298 e. The van der Waals surface area contributed by atoms with Gasteiger partial charge >= 0.3 is 0 Å². The number of carbonyl (C=O) groups is 1. The minimum atomic E-state index is -3.81. The van der Waals surface area contributed by atoms with Crippen LogP contribution in [0.4, 0.5) is 10.8 Å². The maximum Gasteiger partial charge on any atom is 0.261 e. The van der Waals surface area contributed by atoms with E-state index in [1.807, 2.05) is 13.8 Å². The summed E-state index contributed by atoms with van der Waals surface area (Å²) in [6.07, 6.45) is 1.58. The summed E-state index contributed by atoms with van der Waals surface area (Å²) in [4.78, 5) is 16.7. The number of sulfonamides is 1. The topological polar surface area (TPSA) is 88.2 Å². The van der Waals surface area contributed by atoms with Crippen LogP contribution in [0.25, 0.3) is 0 Å². The molecular formula is C18H17N3O3S2. The highest BCUT2D eigenvalue weighted by Gasteiger charge is 2.19. The van der Waals surface area contributed by atoms with E-state index in [4.69, 9.17) is 0 Å². The molecule has 2 aromatic carbocycles. The van der Waals surface area contributed by atoms with Crippen molar-refractivity contribution in [1.82, 2.24) is 4.98 Å². The Morgan fingerprint density at radius 3 is 2.38 bits per heavy atom. The Hall–Kier alpha value is -2.71. The molecule has 0 atom stereocenters. The van der Waals surface area contributed by atoms with Gasteiger partial charge in [-0.3, -0.25) is 14.8 Å². The van der Waals surface area contributed by atoms with Crippen molar-refractivity contribution in [2.45, 2.75) is 18.7 Å². The van der Waals surface area contributed by atoms with E-state index in [1.165, 1.54) is 23.5 Å². The molecule has 1 aromatic heterocycles. The summed E-state index contributed by atoms with van der Waals surface area (Å²) in [5.74, 6) is -0.429. The number of nitrogens with zero attached hydrogens (tertiary/aromatic N) is 1. The first kappa shape index (κ1) is 18.1. The Labute approximate surface area is 156 Å². The number of thiazole rings is 1. The van der Waals surface area contributed by atoms with Crippen molar-refractivity contribution in [3.63, 3.8) is 0 Å². The Kier molecular flexibility index (Phi) is 5.06. The molecule has 3 rings (SSSR count). The minimum absolute atomic E-state index is 0.135. The molecule has 1 amide bonds. The molecule has 0 saturated heterocycles. The number of hydrogen-bond acceptors (Lipinski definition) is 5. The lowest BCUT2D eigenvalue weighted by Crippen LogP contribution is -2.18. The maximum atomic E-state index is 12.7. The Balaban J connectivity index is 1.92. The fourth-order valence-electron chi connectivity index (χ4n) is 2.31. The zero-order chi connectivity index (χ0) is 18.7. The lowest BCUT2D eigenvalue weighted by atomic mass is 10.1.